The van der Waals surface area contributed by atoms with E-state index in [0.29, 0.717) is 11.3 Å². The number of hydrogen-bond donors (Lipinski definition) is 1. The Bertz CT molecular complexity index is 659. The van der Waals surface area contributed by atoms with Crippen LogP contribution in [0.3, 0.4) is 0 Å². The molecule has 20 heavy (non-hydrogen) atoms. The van der Waals surface area contributed by atoms with Gasteiger partial charge in [0.2, 0.25) is 5.91 Å². The quantitative estimate of drug-likeness (QED) is 0.858. The highest BCUT2D eigenvalue weighted by Crippen LogP contribution is 2.39. The van der Waals surface area contributed by atoms with Crippen molar-refractivity contribution in [2.45, 2.75) is 12.1 Å². The molecule has 102 valence electrons. The van der Waals surface area contributed by atoms with Crippen molar-refractivity contribution in [2.75, 3.05) is 4.90 Å². The average molecular weight is 335 g/mol. The largest absolute Gasteiger partial charge is 0.318 e. The fourth-order valence-corrected chi connectivity index (χ4v) is 2.71. The first-order chi connectivity index (χ1) is 9.59. The Labute approximate surface area is 124 Å². The summed E-state index contributed by atoms with van der Waals surface area (Å²) < 4.78 is 14.8. The third-order valence-corrected chi connectivity index (χ3v) is 4.00. The van der Waals surface area contributed by atoms with Crippen molar-refractivity contribution >= 4 is 27.5 Å². The van der Waals surface area contributed by atoms with Gasteiger partial charge in [-0.1, -0.05) is 34.1 Å². The lowest BCUT2D eigenvalue weighted by molar-refractivity contribution is -0.126. The number of hydrogen-bond acceptors (Lipinski definition) is 2. The molecule has 3 rings (SSSR count). The van der Waals surface area contributed by atoms with Gasteiger partial charge in [-0.15, -0.1) is 0 Å². The van der Waals surface area contributed by atoms with Gasteiger partial charge < -0.3 is 10.6 Å². The van der Waals surface area contributed by atoms with Crippen LogP contribution in [0.1, 0.15) is 11.6 Å². The number of carbonyl (C=O) groups is 1. The summed E-state index contributed by atoms with van der Waals surface area (Å²) in [5.41, 5.74) is 7.02. The molecule has 2 atom stereocenters. The smallest absolute Gasteiger partial charge is 0.247 e. The molecule has 3 nitrogen and oxygen atoms in total. The molecule has 0 saturated carbocycles. The van der Waals surface area contributed by atoms with Gasteiger partial charge in [-0.2, -0.15) is 0 Å². The van der Waals surface area contributed by atoms with Gasteiger partial charge in [0.05, 0.1) is 6.04 Å². The summed E-state index contributed by atoms with van der Waals surface area (Å²) in [6.45, 7) is 0. The van der Waals surface area contributed by atoms with Crippen molar-refractivity contribution in [3.63, 3.8) is 0 Å². The number of nitrogens with zero attached hydrogens (tertiary/aromatic N) is 1. The standard InChI is InChI=1S/C15H12BrFN2O/c16-9-5-7-10(8-6-9)19-14(13(18)15(19)20)11-3-1-2-4-12(11)17/h1-8,13-14H,18H2/t13-,14+/m0/s1. The van der Waals surface area contributed by atoms with Crippen molar-refractivity contribution < 1.29 is 9.18 Å². The number of anilines is 1. The molecule has 2 aromatic rings. The first-order valence-corrected chi connectivity index (χ1v) is 6.97. The number of nitrogens with two attached hydrogens (primary N) is 1. The molecule has 0 radical (unpaired) electrons. The number of amides is 1. The minimum atomic E-state index is -0.699. The second-order valence-electron chi connectivity index (χ2n) is 4.68. The van der Waals surface area contributed by atoms with E-state index in [9.17, 15) is 9.18 Å². The highest BCUT2D eigenvalue weighted by Gasteiger charge is 2.47. The van der Waals surface area contributed by atoms with Gasteiger partial charge in [0, 0.05) is 15.7 Å². The van der Waals surface area contributed by atoms with E-state index in [2.05, 4.69) is 15.9 Å². The molecule has 2 N–H and O–H groups in total. The lowest BCUT2D eigenvalue weighted by atomic mass is 9.88. The second-order valence-corrected chi connectivity index (χ2v) is 5.59. The molecule has 0 spiro atoms. The highest BCUT2D eigenvalue weighted by molar-refractivity contribution is 9.10. The summed E-state index contributed by atoms with van der Waals surface area (Å²) in [5, 5.41) is 0. The van der Waals surface area contributed by atoms with E-state index in [1.807, 2.05) is 24.3 Å². The predicted octanol–water partition coefficient (Wildman–Crippen LogP) is 3.00. The summed E-state index contributed by atoms with van der Waals surface area (Å²) in [6, 6.07) is 12.5. The number of carbonyl (C=O) groups excluding carboxylic acids is 1. The third kappa shape index (κ3) is 2.03. The first-order valence-electron chi connectivity index (χ1n) is 6.18. The predicted molar refractivity (Wildman–Crippen MR) is 78.7 cm³/mol. The zero-order valence-corrected chi connectivity index (χ0v) is 12.0. The minimum absolute atomic E-state index is 0.194. The number of rotatable bonds is 2. The van der Waals surface area contributed by atoms with Gasteiger partial charge in [-0.05, 0) is 30.3 Å². The number of halogens is 2. The van der Waals surface area contributed by atoms with Gasteiger partial charge in [0.25, 0.3) is 0 Å². The summed E-state index contributed by atoms with van der Waals surface area (Å²) in [5.74, 6) is -0.539. The van der Waals surface area contributed by atoms with E-state index in [1.165, 1.54) is 11.0 Å². The first kappa shape index (κ1) is 13.3. The molecule has 1 fully saturated rings. The fraction of sp³-hybridized carbons (Fsp3) is 0.133. The normalized spacial score (nSPS) is 21.8. The summed E-state index contributed by atoms with van der Waals surface area (Å²) >= 11 is 3.34. The zero-order valence-electron chi connectivity index (χ0n) is 10.5. The Morgan fingerprint density at radius 2 is 1.75 bits per heavy atom. The molecule has 1 aliphatic heterocycles. The Hall–Kier alpha value is -1.72. The van der Waals surface area contributed by atoms with Gasteiger partial charge in [-0.25, -0.2) is 4.39 Å². The van der Waals surface area contributed by atoms with Crippen molar-refractivity contribution in [3.8, 4) is 0 Å². The number of benzene rings is 2. The molecule has 0 aliphatic carbocycles. The Balaban J connectivity index is 2.00. The van der Waals surface area contributed by atoms with E-state index in [-0.39, 0.29) is 11.7 Å². The Morgan fingerprint density at radius 3 is 2.40 bits per heavy atom. The molecule has 1 saturated heterocycles. The maximum absolute atomic E-state index is 13.9. The maximum atomic E-state index is 13.9. The molecular weight excluding hydrogens is 323 g/mol. The van der Waals surface area contributed by atoms with Gasteiger partial charge in [0.1, 0.15) is 11.9 Å². The van der Waals surface area contributed by atoms with E-state index < -0.39 is 12.1 Å². The molecule has 1 heterocycles. The van der Waals surface area contributed by atoms with E-state index in [0.717, 1.165) is 4.47 Å². The van der Waals surface area contributed by atoms with Crippen molar-refractivity contribution in [1.82, 2.24) is 0 Å². The van der Waals surface area contributed by atoms with Gasteiger partial charge in [0.15, 0.2) is 0 Å². The fourth-order valence-electron chi connectivity index (χ4n) is 2.45. The van der Waals surface area contributed by atoms with Crippen LogP contribution in [0, 0.1) is 5.82 Å². The Kier molecular flexibility index (Phi) is 3.31. The van der Waals surface area contributed by atoms with Crippen LogP contribution in [-0.2, 0) is 4.79 Å². The van der Waals surface area contributed by atoms with Crippen LogP contribution in [0.15, 0.2) is 53.0 Å². The van der Waals surface area contributed by atoms with E-state index in [4.69, 9.17) is 5.73 Å². The van der Waals surface area contributed by atoms with Crippen molar-refractivity contribution in [2.24, 2.45) is 5.73 Å². The van der Waals surface area contributed by atoms with Crippen LogP contribution in [0.2, 0.25) is 0 Å². The summed E-state index contributed by atoms with van der Waals surface area (Å²) in [4.78, 5) is 13.5. The SMILES string of the molecule is N[C@@H]1C(=O)N(c2ccc(Br)cc2)[C@@H]1c1ccccc1F. The highest BCUT2D eigenvalue weighted by atomic mass is 79.9. The van der Waals surface area contributed by atoms with Crippen LogP contribution < -0.4 is 10.6 Å². The molecule has 2 aromatic carbocycles. The van der Waals surface area contributed by atoms with E-state index in [1.54, 1.807) is 18.2 Å². The minimum Gasteiger partial charge on any atom is -0.318 e. The molecule has 5 heteroatoms. The van der Waals surface area contributed by atoms with E-state index >= 15 is 0 Å². The second kappa shape index (κ2) is 5.00. The topological polar surface area (TPSA) is 46.3 Å². The van der Waals surface area contributed by atoms with Crippen molar-refractivity contribution in [3.05, 3.63) is 64.4 Å². The lowest BCUT2D eigenvalue weighted by Gasteiger charge is -2.45. The van der Waals surface area contributed by atoms with Gasteiger partial charge in [-0.3, -0.25) is 4.79 Å². The summed E-state index contributed by atoms with van der Waals surface area (Å²) in [6.07, 6.45) is 0. The Morgan fingerprint density at radius 1 is 1.10 bits per heavy atom. The summed E-state index contributed by atoms with van der Waals surface area (Å²) in [7, 11) is 0. The van der Waals surface area contributed by atoms with Crippen LogP contribution in [-0.4, -0.2) is 11.9 Å². The molecule has 0 unspecified atom stereocenters. The van der Waals surface area contributed by atoms with Crippen LogP contribution >= 0.6 is 15.9 Å². The molecule has 1 amide bonds. The lowest BCUT2D eigenvalue weighted by Crippen LogP contribution is -2.63. The molecule has 0 bridgehead atoms. The molecule has 0 aromatic heterocycles. The maximum Gasteiger partial charge on any atom is 0.247 e. The van der Waals surface area contributed by atoms with Crippen LogP contribution in [0.5, 0.6) is 0 Å². The molecule has 1 aliphatic rings. The van der Waals surface area contributed by atoms with Crippen LogP contribution in [0.25, 0.3) is 0 Å². The van der Waals surface area contributed by atoms with Crippen molar-refractivity contribution in [1.29, 1.82) is 0 Å². The monoisotopic (exact) mass is 334 g/mol. The number of β-lactam (4-membered cyclic amide) rings is 1. The zero-order chi connectivity index (χ0) is 14.3. The van der Waals surface area contributed by atoms with Gasteiger partial charge >= 0.3 is 0 Å². The third-order valence-electron chi connectivity index (χ3n) is 3.47. The molecular formula is C15H12BrFN2O. The average Bonchev–Trinajstić information content (AvgIpc) is 2.46. The van der Waals surface area contributed by atoms with Crippen LogP contribution in [0.4, 0.5) is 10.1 Å².